The summed E-state index contributed by atoms with van der Waals surface area (Å²) in [6.45, 7) is 1.35. The van der Waals surface area contributed by atoms with Crippen molar-refractivity contribution in [3.63, 3.8) is 0 Å². The molecule has 2 atom stereocenters. The van der Waals surface area contributed by atoms with Gasteiger partial charge in [-0.15, -0.1) is 0 Å². The highest BCUT2D eigenvalue weighted by atomic mass is 32.2. The lowest BCUT2D eigenvalue weighted by Crippen LogP contribution is -2.51. The molecule has 1 heterocycles. The zero-order valence-electron chi connectivity index (χ0n) is 11.4. The van der Waals surface area contributed by atoms with Crippen LogP contribution >= 0.6 is 0 Å². The van der Waals surface area contributed by atoms with E-state index in [-0.39, 0.29) is 12.1 Å². The number of sulfonamides is 1. The lowest BCUT2D eigenvalue weighted by atomic mass is 10.2. The fourth-order valence-electron chi connectivity index (χ4n) is 3.12. The molecule has 110 valence electrons. The largest absolute Gasteiger partial charge is 0.375 e. The Kier molecular flexibility index (Phi) is 3.81. The molecule has 0 radical (unpaired) electrons. The molecule has 0 bridgehead atoms. The minimum Gasteiger partial charge on any atom is -0.375 e. The smallest absolute Gasteiger partial charge is 0.243 e. The van der Waals surface area contributed by atoms with Gasteiger partial charge in [-0.1, -0.05) is 12.1 Å². The van der Waals surface area contributed by atoms with Crippen LogP contribution in [-0.2, 0) is 21.3 Å². The Hall–Kier alpha value is -0.950. The van der Waals surface area contributed by atoms with E-state index in [4.69, 9.17) is 10.5 Å². The van der Waals surface area contributed by atoms with Crippen molar-refractivity contribution in [3.8, 4) is 0 Å². The lowest BCUT2D eigenvalue weighted by molar-refractivity contribution is -0.0241. The van der Waals surface area contributed by atoms with E-state index >= 15 is 0 Å². The number of hydrogen-bond donors (Lipinski definition) is 1. The molecule has 5 nitrogen and oxygen atoms in total. The van der Waals surface area contributed by atoms with Crippen molar-refractivity contribution in [2.24, 2.45) is 5.73 Å². The van der Waals surface area contributed by atoms with Gasteiger partial charge < -0.3 is 10.5 Å². The summed E-state index contributed by atoms with van der Waals surface area (Å²) in [5, 5.41) is 0. The number of hydrogen-bond acceptors (Lipinski definition) is 4. The standard InChI is InChI=1S/C14H20N2O3S/c15-10-11-4-6-12(7-5-11)20(17,18)16-8-9-19-14-3-1-2-13(14)16/h4-7,13-14H,1-3,8-10,15H2. The first kappa shape index (κ1) is 14.0. The molecular weight excluding hydrogens is 276 g/mol. The highest BCUT2D eigenvalue weighted by Crippen LogP contribution is 2.33. The minimum absolute atomic E-state index is 0.00272. The number of morpholine rings is 1. The quantitative estimate of drug-likeness (QED) is 0.906. The molecule has 3 rings (SSSR count). The van der Waals surface area contributed by atoms with Gasteiger partial charge in [-0.3, -0.25) is 0 Å². The summed E-state index contributed by atoms with van der Waals surface area (Å²) in [6, 6.07) is 6.86. The third-order valence-corrected chi connectivity index (χ3v) is 6.14. The van der Waals surface area contributed by atoms with Gasteiger partial charge in [-0.2, -0.15) is 4.31 Å². The van der Waals surface area contributed by atoms with Crippen molar-refractivity contribution in [1.82, 2.24) is 4.31 Å². The Morgan fingerprint density at radius 1 is 1.25 bits per heavy atom. The SMILES string of the molecule is NCc1ccc(S(=O)(=O)N2CCOC3CCCC32)cc1. The van der Waals surface area contributed by atoms with Crippen LogP contribution in [0.25, 0.3) is 0 Å². The van der Waals surface area contributed by atoms with Gasteiger partial charge in [0.25, 0.3) is 0 Å². The molecule has 1 aromatic rings. The zero-order chi connectivity index (χ0) is 14.2. The van der Waals surface area contributed by atoms with Crippen molar-refractivity contribution in [2.75, 3.05) is 13.2 Å². The number of nitrogens with two attached hydrogens (primary N) is 1. The molecule has 0 amide bonds. The summed E-state index contributed by atoms with van der Waals surface area (Å²) in [6.07, 6.45) is 2.96. The Morgan fingerprint density at radius 3 is 2.70 bits per heavy atom. The van der Waals surface area contributed by atoms with Crippen LogP contribution in [-0.4, -0.2) is 38.0 Å². The van der Waals surface area contributed by atoms with Crippen molar-refractivity contribution in [3.05, 3.63) is 29.8 Å². The number of fused-ring (bicyclic) bond motifs is 1. The van der Waals surface area contributed by atoms with E-state index in [0.717, 1.165) is 24.8 Å². The summed E-state index contributed by atoms with van der Waals surface area (Å²) in [5.41, 5.74) is 6.48. The van der Waals surface area contributed by atoms with Crippen LogP contribution in [0.15, 0.2) is 29.2 Å². The molecule has 2 N–H and O–H groups in total. The van der Waals surface area contributed by atoms with E-state index in [2.05, 4.69) is 0 Å². The highest BCUT2D eigenvalue weighted by molar-refractivity contribution is 7.89. The second kappa shape index (κ2) is 5.44. The molecule has 20 heavy (non-hydrogen) atoms. The molecule has 2 unspecified atom stereocenters. The van der Waals surface area contributed by atoms with E-state index in [1.165, 1.54) is 0 Å². The number of ether oxygens (including phenoxy) is 1. The average Bonchev–Trinajstić information content (AvgIpc) is 2.95. The number of benzene rings is 1. The third-order valence-electron chi connectivity index (χ3n) is 4.20. The van der Waals surface area contributed by atoms with Gasteiger partial charge in [0.05, 0.1) is 23.6 Å². The van der Waals surface area contributed by atoms with E-state index in [1.54, 1.807) is 28.6 Å². The van der Waals surface area contributed by atoms with Crippen LogP contribution in [0.5, 0.6) is 0 Å². The first-order chi connectivity index (χ1) is 9.63. The van der Waals surface area contributed by atoms with E-state index < -0.39 is 10.0 Å². The molecular formula is C14H20N2O3S. The van der Waals surface area contributed by atoms with Crippen LogP contribution in [0.3, 0.4) is 0 Å². The van der Waals surface area contributed by atoms with Crippen molar-refractivity contribution >= 4 is 10.0 Å². The monoisotopic (exact) mass is 296 g/mol. The van der Waals surface area contributed by atoms with Gasteiger partial charge in [0, 0.05) is 13.1 Å². The summed E-state index contributed by atoms with van der Waals surface area (Å²) < 4.78 is 32.8. The van der Waals surface area contributed by atoms with Crippen LogP contribution in [0.1, 0.15) is 24.8 Å². The van der Waals surface area contributed by atoms with E-state index in [9.17, 15) is 8.42 Å². The molecule has 2 aliphatic rings. The van der Waals surface area contributed by atoms with Gasteiger partial charge in [0.2, 0.25) is 10.0 Å². The Morgan fingerprint density at radius 2 is 2.00 bits per heavy atom. The average molecular weight is 296 g/mol. The molecule has 1 aliphatic heterocycles. The van der Waals surface area contributed by atoms with Crippen LogP contribution in [0.2, 0.25) is 0 Å². The van der Waals surface area contributed by atoms with Crippen LogP contribution < -0.4 is 5.73 Å². The fraction of sp³-hybridized carbons (Fsp3) is 0.571. The Labute approximate surface area is 119 Å². The molecule has 1 aliphatic carbocycles. The summed E-state index contributed by atoms with van der Waals surface area (Å²) in [4.78, 5) is 0.349. The normalized spacial score (nSPS) is 27.4. The van der Waals surface area contributed by atoms with Crippen molar-refractivity contribution < 1.29 is 13.2 Å². The molecule has 1 saturated carbocycles. The van der Waals surface area contributed by atoms with E-state index in [0.29, 0.717) is 24.6 Å². The van der Waals surface area contributed by atoms with Gasteiger partial charge >= 0.3 is 0 Å². The van der Waals surface area contributed by atoms with Crippen LogP contribution in [0, 0.1) is 0 Å². The topological polar surface area (TPSA) is 72.6 Å². The summed E-state index contributed by atoms with van der Waals surface area (Å²) in [5.74, 6) is 0. The Bertz CT molecular complexity index is 571. The molecule has 0 spiro atoms. The zero-order valence-corrected chi connectivity index (χ0v) is 12.2. The minimum atomic E-state index is -3.43. The predicted molar refractivity (Wildman–Crippen MR) is 75.6 cm³/mol. The maximum atomic E-state index is 12.8. The fourth-order valence-corrected chi connectivity index (χ4v) is 4.78. The second-order valence-electron chi connectivity index (χ2n) is 5.37. The molecule has 1 saturated heterocycles. The van der Waals surface area contributed by atoms with Gasteiger partial charge in [-0.05, 0) is 37.0 Å². The van der Waals surface area contributed by atoms with Gasteiger partial charge in [0.15, 0.2) is 0 Å². The summed E-state index contributed by atoms with van der Waals surface area (Å²) >= 11 is 0. The molecule has 2 fully saturated rings. The lowest BCUT2D eigenvalue weighted by Gasteiger charge is -2.36. The highest BCUT2D eigenvalue weighted by Gasteiger charge is 2.42. The molecule has 1 aromatic carbocycles. The summed E-state index contributed by atoms with van der Waals surface area (Å²) in [7, 11) is -3.43. The van der Waals surface area contributed by atoms with Crippen molar-refractivity contribution in [1.29, 1.82) is 0 Å². The third kappa shape index (κ3) is 2.37. The van der Waals surface area contributed by atoms with E-state index in [1.807, 2.05) is 0 Å². The van der Waals surface area contributed by atoms with Gasteiger partial charge in [0.1, 0.15) is 0 Å². The number of nitrogens with zero attached hydrogens (tertiary/aromatic N) is 1. The molecule has 6 heteroatoms. The Balaban J connectivity index is 1.89. The second-order valence-corrected chi connectivity index (χ2v) is 7.26. The maximum absolute atomic E-state index is 12.8. The molecule has 0 aromatic heterocycles. The first-order valence-corrected chi connectivity index (χ1v) is 8.49. The number of rotatable bonds is 3. The van der Waals surface area contributed by atoms with Gasteiger partial charge in [-0.25, -0.2) is 8.42 Å². The first-order valence-electron chi connectivity index (χ1n) is 7.05. The maximum Gasteiger partial charge on any atom is 0.243 e. The van der Waals surface area contributed by atoms with Crippen LogP contribution in [0.4, 0.5) is 0 Å². The predicted octanol–water partition coefficient (Wildman–Crippen LogP) is 1.09. The van der Waals surface area contributed by atoms with Crippen molar-refractivity contribution in [2.45, 2.75) is 42.8 Å².